The number of hydrogen-bond acceptors (Lipinski definition) is 2. The maximum atomic E-state index is 3.47. The molecule has 0 aliphatic carbocycles. The van der Waals surface area contributed by atoms with E-state index >= 15 is 0 Å². The zero-order chi connectivity index (χ0) is 9.19. The molecule has 0 aromatic rings. The van der Waals surface area contributed by atoms with Gasteiger partial charge < -0.3 is 5.32 Å². The summed E-state index contributed by atoms with van der Waals surface area (Å²) in [6, 6.07) is 0.657. The van der Waals surface area contributed by atoms with E-state index in [0.29, 0.717) is 11.6 Å². The Bertz CT molecular complexity index is 143. The van der Waals surface area contributed by atoms with Crippen LogP contribution < -0.4 is 5.32 Å². The van der Waals surface area contributed by atoms with Gasteiger partial charge in [0, 0.05) is 31.2 Å². The van der Waals surface area contributed by atoms with E-state index in [0.717, 1.165) is 6.54 Å². The molecule has 1 unspecified atom stereocenters. The normalized spacial score (nSPS) is 27.5. The van der Waals surface area contributed by atoms with E-state index in [-0.39, 0.29) is 0 Å². The first-order chi connectivity index (χ1) is 5.56. The van der Waals surface area contributed by atoms with E-state index in [9.17, 15) is 0 Å². The van der Waals surface area contributed by atoms with E-state index in [1.54, 1.807) is 0 Å². The van der Waals surface area contributed by atoms with Gasteiger partial charge in [-0.2, -0.15) is 0 Å². The van der Waals surface area contributed by atoms with Crippen molar-refractivity contribution in [2.45, 2.75) is 45.7 Å². The second-order valence-electron chi connectivity index (χ2n) is 4.47. The second-order valence-corrected chi connectivity index (χ2v) is 4.47. The Morgan fingerprint density at radius 2 is 2.17 bits per heavy atom. The minimum Gasteiger partial charge on any atom is -0.312 e. The van der Waals surface area contributed by atoms with Crippen LogP contribution in [0.25, 0.3) is 0 Å². The van der Waals surface area contributed by atoms with Crippen molar-refractivity contribution in [1.82, 2.24) is 10.2 Å². The maximum Gasteiger partial charge on any atom is 0.0167 e. The quantitative estimate of drug-likeness (QED) is 0.675. The second kappa shape index (κ2) is 3.75. The Morgan fingerprint density at radius 1 is 1.50 bits per heavy atom. The summed E-state index contributed by atoms with van der Waals surface area (Å²) in [5, 5.41) is 3.47. The lowest BCUT2D eigenvalue weighted by atomic mass is 9.97. The zero-order valence-corrected chi connectivity index (χ0v) is 8.85. The number of nitrogens with one attached hydrogen (secondary N) is 1. The molecule has 1 fully saturated rings. The summed E-state index contributed by atoms with van der Waals surface area (Å²) in [5.41, 5.74) is 0.385. The smallest absolute Gasteiger partial charge is 0.0167 e. The molecule has 0 radical (unpaired) electrons. The standard InChI is InChI=1S/C10H22N2/c1-5-10(3,4)12-7-6-11-9(2)8-12/h9,11H,5-8H2,1-4H3. The van der Waals surface area contributed by atoms with E-state index in [1.807, 2.05) is 0 Å². The molecule has 1 rings (SSSR count). The van der Waals surface area contributed by atoms with Crippen LogP contribution in [-0.2, 0) is 0 Å². The fourth-order valence-electron chi connectivity index (χ4n) is 1.71. The van der Waals surface area contributed by atoms with Crippen LogP contribution in [0.3, 0.4) is 0 Å². The topological polar surface area (TPSA) is 15.3 Å². The number of piperazine rings is 1. The van der Waals surface area contributed by atoms with Crippen molar-refractivity contribution < 1.29 is 0 Å². The molecule has 1 saturated heterocycles. The molecule has 0 aromatic carbocycles. The summed E-state index contributed by atoms with van der Waals surface area (Å²) < 4.78 is 0. The Kier molecular flexibility index (Phi) is 3.13. The van der Waals surface area contributed by atoms with Gasteiger partial charge in [-0.25, -0.2) is 0 Å². The lowest BCUT2D eigenvalue weighted by molar-refractivity contribution is 0.0828. The van der Waals surface area contributed by atoms with Gasteiger partial charge in [-0.1, -0.05) is 6.92 Å². The van der Waals surface area contributed by atoms with Gasteiger partial charge in [-0.05, 0) is 27.2 Å². The Morgan fingerprint density at radius 3 is 2.67 bits per heavy atom. The van der Waals surface area contributed by atoms with Crippen LogP contribution in [0.4, 0.5) is 0 Å². The van der Waals surface area contributed by atoms with Gasteiger partial charge in [0.25, 0.3) is 0 Å². The Labute approximate surface area is 76.3 Å². The van der Waals surface area contributed by atoms with Crippen LogP contribution in [0.15, 0.2) is 0 Å². The summed E-state index contributed by atoms with van der Waals surface area (Å²) in [7, 11) is 0. The van der Waals surface area contributed by atoms with Crippen LogP contribution in [0.1, 0.15) is 34.1 Å². The molecular formula is C10H22N2. The largest absolute Gasteiger partial charge is 0.312 e. The summed E-state index contributed by atoms with van der Waals surface area (Å²) in [4.78, 5) is 2.59. The van der Waals surface area contributed by atoms with Crippen molar-refractivity contribution in [3.8, 4) is 0 Å². The third-order valence-corrected chi connectivity index (χ3v) is 3.09. The van der Waals surface area contributed by atoms with E-state index in [4.69, 9.17) is 0 Å². The summed E-state index contributed by atoms with van der Waals surface area (Å²) >= 11 is 0. The molecule has 0 saturated carbocycles. The van der Waals surface area contributed by atoms with Crippen LogP contribution in [-0.4, -0.2) is 36.1 Å². The molecule has 72 valence electrons. The third-order valence-electron chi connectivity index (χ3n) is 3.09. The summed E-state index contributed by atoms with van der Waals surface area (Å²) in [5.74, 6) is 0. The van der Waals surface area contributed by atoms with Gasteiger partial charge in [0.15, 0.2) is 0 Å². The molecular weight excluding hydrogens is 148 g/mol. The monoisotopic (exact) mass is 170 g/mol. The van der Waals surface area contributed by atoms with Crippen LogP contribution in [0, 0.1) is 0 Å². The Hall–Kier alpha value is -0.0800. The SMILES string of the molecule is CCC(C)(C)N1CCNC(C)C1. The van der Waals surface area contributed by atoms with Crippen molar-refractivity contribution in [1.29, 1.82) is 0 Å². The van der Waals surface area contributed by atoms with Crippen LogP contribution >= 0.6 is 0 Å². The highest BCUT2D eigenvalue weighted by atomic mass is 15.2. The van der Waals surface area contributed by atoms with Crippen molar-refractivity contribution in [2.24, 2.45) is 0 Å². The summed E-state index contributed by atoms with van der Waals surface area (Å²) in [6.45, 7) is 12.7. The van der Waals surface area contributed by atoms with Gasteiger partial charge in [0.05, 0.1) is 0 Å². The molecule has 0 aromatic heterocycles. The minimum absolute atomic E-state index is 0.385. The fourth-order valence-corrected chi connectivity index (χ4v) is 1.71. The third kappa shape index (κ3) is 2.20. The number of nitrogens with zero attached hydrogens (tertiary/aromatic N) is 1. The summed E-state index contributed by atoms with van der Waals surface area (Å²) in [6.07, 6.45) is 1.24. The Balaban J connectivity index is 2.50. The van der Waals surface area contributed by atoms with Gasteiger partial charge in [0.1, 0.15) is 0 Å². The highest BCUT2D eigenvalue weighted by Gasteiger charge is 2.27. The van der Waals surface area contributed by atoms with Crippen molar-refractivity contribution in [3.63, 3.8) is 0 Å². The molecule has 1 aliphatic rings. The van der Waals surface area contributed by atoms with Crippen LogP contribution in [0.5, 0.6) is 0 Å². The first-order valence-electron chi connectivity index (χ1n) is 5.04. The van der Waals surface area contributed by atoms with Crippen LogP contribution in [0.2, 0.25) is 0 Å². The van der Waals surface area contributed by atoms with Gasteiger partial charge in [0.2, 0.25) is 0 Å². The molecule has 2 heteroatoms. The van der Waals surface area contributed by atoms with Crippen molar-refractivity contribution in [2.75, 3.05) is 19.6 Å². The van der Waals surface area contributed by atoms with Crippen molar-refractivity contribution >= 4 is 0 Å². The maximum absolute atomic E-state index is 3.47. The molecule has 1 atom stereocenters. The van der Waals surface area contributed by atoms with Gasteiger partial charge in [-0.3, -0.25) is 4.90 Å². The highest BCUT2D eigenvalue weighted by molar-refractivity contribution is 4.86. The molecule has 1 N–H and O–H groups in total. The number of hydrogen-bond donors (Lipinski definition) is 1. The molecule has 12 heavy (non-hydrogen) atoms. The molecule has 0 spiro atoms. The van der Waals surface area contributed by atoms with E-state index < -0.39 is 0 Å². The lowest BCUT2D eigenvalue weighted by Gasteiger charge is -2.43. The molecule has 1 aliphatic heterocycles. The predicted octanol–water partition coefficient (Wildman–Crippen LogP) is 1.47. The first kappa shape index (κ1) is 10.0. The first-order valence-corrected chi connectivity index (χ1v) is 5.04. The molecule has 0 amide bonds. The average Bonchev–Trinajstić information content (AvgIpc) is 2.05. The van der Waals surface area contributed by atoms with Crippen molar-refractivity contribution in [3.05, 3.63) is 0 Å². The molecule has 1 heterocycles. The average molecular weight is 170 g/mol. The lowest BCUT2D eigenvalue weighted by Crippen LogP contribution is -2.56. The van der Waals surface area contributed by atoms with Gasteiger partial charge in [-0.15, -0.1) is 0 Å². The van der Waals surface area contributed by atoms with Gasteiger partial charge >= 0.3 is 0 Å². The zero-order valence-electron chi connectivity index (χ0n) is 8.85. The fraction of sp³-hybridized carbons (Fsp3) is 1.00. The molecule has 2 nitrogen and oxygen atoms in total. The predicted molar refractivity (Wildman–Crippen MR) is 53.4 cm³/mol. The van der Waals surface area contributed by atoms with E-state index in [2.05, 4.69) is 37.9 Å². The number of rotatable bonds is 2. The minimum atomic E-state index is 0.385. The molecule has 0 bridgehead atoms. The van der Waals surface area contributed by atoms with E-state index in [1.165, 1.54) is 19.5 Å². The highest BCUT2D eigenvalue weighted by Crippen LogP contribution is 2.19.